The fourth-order valence-electron chi connectivity index (χ4n) is 1.83. The number of hydrogen-bond acceptors (Lipinski definition) is 5. The van der Waals surface area contributed by atoms with Crippen molar-refractivity contribution in [1.82, 2.24) is 9.97 Å². The van der Waals surface area contributed by atoms with E-state index >= 15 is 0 Å². The number of rotatable bonds is 3. The maximum absolute atomic E-state index is 5.43. The molecule has 2 heterocycles. The first-order valence-corrected chi connectivity index (χ1v) is 6.28. The predicted molar refractivity (Wildman–Crippen MR) is 79.0 cm³/mol. The van der Waals surface area contributed by atoms with E-state index in [4.69, 9.17) is 4.42 Å². The minimum absolute atomic E-state index is 0.684. The Balaban J connectivity index is 1.84. The molecule has 0 saturated heterocycles. The number of hydrazone groups is 1. The molecule has 0 amide bonds. The first kappa shape index (κ1) is 12.3. The van der Waals surface area contributed by atoms with Gasteiger partial charge in [-0.15, -0.1) is 0 Å². The molecule has 0 saturated carbocycles. The van der Waals surface area contributed by atoms with Gasteiger partial charge in [-0.1, -0.05) is 12.1 Å². The van der Waals surface area contributed by atoms with Crippen LogP contribution in [0, 0.1) is 6.92 Å². The molecule has 1 aromatic carbocycles. The number of para-hydroxylation sites is 2. The van der Waals surface area contributed by atoms with Crippen LogP contribution in [0.2, 0.25) is 0 Å². The highest BCUT2D eigenvalue weighted by atomic mass is 16.3. The molecule has 0 fully saturated rings. The Morgan fingerprint density at radius 3 is 2.70 bits per heavy atom. The van der Waals surface area contributed by atoms with Crippen molar-refractivity contribution in [2.45, 2.75) is 6.92 Å². The maximum atomic E-state index is 5.43. The number of nitrogens with zero attached hydrogens (tertiary/aromatic N) is 4. The standard InChI is InChI=1S/C15H14N4O/c1-11-7-8-12(20-11)9-17-19(2)15-10-16-13-5-3-4-6-14(13)18-15/h3-10H,1-2H3. The molecule has 0 aliphatic carbocycles. The molecule has 0 spiro atoms. The van der Waals surface area contributed by atoms with Crippen LogP contribution in [0.5, 0.6) is 0 Å². The number of benzene rings is 1. The van der Waals surface area contributed by atoms with Crippen molar-refractivity contribution in [2.24, 2.45) is 5.10 Å². The summed E-state index contributed by atoms with van der Waals surface area (Å²) < 4.78 is 5.43. The lowest BCUT2D eigenvalue weighted by Gasteiger charge is -2.11. The van der Waals surface area contributed by atoms with Crippen LogP contribution < -0.4 is 5.01 Å². The second-order valence-corrected chi connectivity index (χ2v) is 4.43. The number of furan rings is 1. The van der Waals surface area contributed by atoms with Gasteiger partial charge in [0, 0.05) is 7.05 Å². The third-order valence-corrected chi connectivity index (χ3v) is 2.89. The van der Waals surface area contributed by atoms with Crippen LogP contribution in [0.1, 0.15) is 11.5 Å². The minimum Gasteiger partial charge on any atom is -0.460 e. The summed E-state index contributed by atoms with van der Waals surface area (Å²) in [5.41, 5.74) is 1.72. The zero-order valence-corrected chi connectivity index (χ0v) is 11.3. The molecule has 0 unspecified atom stereocenters. The Hall–Kier alpha value is -2.69. The summed E-state index contributed by atoms with van der Waals surface area (Å²) >= 11 is 0. The second-order valence-electron chi connectivity index (χ2n) is 4.43. The van der Waals surface area contributed by atoms with Crippen molar-refractivity contribution >= 4 is 23.1 Å². The van der Waals surface area contributed by atoms with Crippen molar-refractivity contribution in [3.8, 4) is 0 Å². The molecule has 0 bridgehead atoms. The van der Waals surface area contributed by atoms with Crippen LogP contribution in [0.4, 0.5) is 5.82 Å². The number of aryl methyl sites for hydroxylation is 1. The molecule has 0 aliphatic rings. The zero-order chi connectivity index (χ0) is 13.9. The highest BCUT2D eigenvalue weighted by Gasteiger charge is 2.03. The molecule has 2 aromatic heterocycles. The van der Waals surface area contributed by atoms with Crippen LogP contribution >= 0.6 is 0 Å². The Bertz CT molecular complexity index is 763. The summed E-state index contributed by atoms with van der Waals surface area (Å²) in [5.74, 6) is 2.26. The highest BCUT2D eigenvalue weighted by molar-refractivity contribution is 5.78. The fourth-order valence-corrected chi connectivity index (χ4v) is 1.83. The first-order valence-electron chi connectivity index (χ1n) is 6.28. The van der Waals surface area contributed by atoms with Gasteiger partial charge in [-0.25, -0.2) is 9.99 Å². The van der Waals surface area contributed by atoms with E-state index in [2.05, 4.69) is 15.1 Å². The second kappa shape index (κ2) is 5.13. The number of aromatic nitrogens is 2. The van der Waals surface area contributed by atoms with Crippen molar-refractivity contribution in [3.05, 3.63) is 54.1 Å². The number of hydrogen-bond donors (Lipinski definition) is 0. The van der Waals surface area contributed by atoms with Crippen molar-refractivity contribution < 1.29 is 4.42 Å². The normalized spacial score (nSPS) is 11.3. The topological polar surface area (TPSA) is 54.5 Å². The van der Waals surface area contributed by atoms with Crippen LogP contribution in [0.25, 0.3) is 11.0 Å². The monoisotopic (exact) mass is 266 g/mol. The molecule has 0 radical (unpaired) electrons. The summed E-state index contributed by atoms with van der Waals surface area (Å²) in [6.45, 7) is 1.90. The summed E-state index contributed by atoms with van der Waals surface area (Å²) in [7, 11) is 1.82. The van der Waals surface area contributed by atoms with E-state index in [1.165, 1.54) is 0 Å². The lowest BCUT2D eigenvalue weighted by Crippen LogP contribution is -2.11. The Labute approximate surface area is 116 Å². The molecule has 20 heavy (non-hydrogen) atoms. The van der Waals surface area contributed by atoms with Gasteiger partial charge in [0.15, 0.2) is 5.82 Å². The largest absolute Gasteiger partial charge is 0.460 e. The van der Waals surface area contributed by atoms with Gasteiger partial charge >= 0.3 is 0 Å². The average molecular weight is 266 g/mol. The lowest BCUT2D eigenvalue weighted by molar-refractivity contribution is 0.527. The van der Waals surface area contributed by atoms with Crippen LogP contribution in [0.15, 0.2) is 52.1 Å². The molecule has 5 nitrogen and oxygen atoms in total. The van der Waals surface area contributed by atoms with Crippen molar-refractivity contribution in [2.75, 3.05) is 12.1 Å². The Kier molecular flexibility index (Phi) is 3.16. The molecule has 3 aromatic rings. The van der Waals surface area contributed by atoms with Gasteiger partial charge in [0.1, 0.15) is 11.5 Å². The van der Waals surface area contributed by atoms with Crippen LogP contribution in [0.3, 0.4) is 0 Å². The summed E-state index contributed by atoms with van der Waals surface area (Å²) in [5, 5.41) is 5.96. The summed E-state index contributed by atoms with van der Waals surface area (Å²) in [4.78, 5) is 8.87. The van der Waals surface area contributed by atoms with E-state index in [1.807, 2.05) is 50.4 Å². The number of anilines is 1. The van der Waals surface area contributed by atoms with E-state index in [1.54, 1.807) is 17.4 Å². The molecule has 100 valence electrons. The molecule has 5 heteroatoms. The molecular weight excluding hydrogens is 252 g/mol. The van der Waals surface area contributed by atoms with Gasteiger partial charge in [-0.2, -0.15) is 5.10 Å². The Morgan fingerprint density at radius 1 is 1.15 bits per heavy atom. The minimum atomic E-state index is 0.684. The van der Waals surface area contributed by atoms with Crippen LogP contribution in [-0.2, 0) is 0 Å². The molecular formula is C15H14N4O. The fraction of sp³-hybridized carbons (Fsp3) is 0.133. The molecule has 0 N–H and O–H groups in total. The van der Waals surface area contributed by atoms with Gasteiger partial charge in [0.25, 0.3) is 0 Å². The third kappa shape index (κ3) is 2.51. The van der Waals surface area contributed by atoms with Gasteiger partial charge in [-0.05, 0) is 31.2 Å². The van der Waals surface area contributed by atoms with Gasteiger partial charge in [0.2, 0.25) is 0 Å². The van der Waals surface area contributed by atoms with Gasteiger partial charge in [0.05, 0.1) is 23.4 Å². The molecule has 0 atom stereocenters. The van der Waals surface area contributed by atoms with Crippen molar-refractivity contribution in [3.63, 3.8) is 0 Å². The molecule has 3 rings (SSSR count). The van der Waals surface area contributed by atoms with Gasteiger partial charge < -0.3 is 4.42 Å². The SMILES string of the molecule is Cc1ccc(C=NN(C)c2cnc3ccccc3n2)o1. The zero-order valence-electron chi connectivity index (χ0n) is 11.3. The maximum Gasteiger partial charge on any atom is 0.167 e. The third-order valence-electron chi connectivity index (χ3n) is 2.89. The van der Waals surface area contributed by atoms with Gasteiger partial charge in [-0.3, -0.25) is 4.98 Å². The van der Waals surface area contributed by atoms with E-state index in [9.17, 15) is 0 Å². The Morgan fingerprint density at radius 2 is 1.95 bits per heavy atom. The van der Waals surface area contributed by atoms with E-state index in [0.29, 0.717) is 11.6 Å². The predicted octanol–water partition coefficient (Wildman–Crippen LogP) is 3.00. The smallest absolute Gasteiger partial charge is 0.167 e. The highest BCUT2D eigenvalue weighted by Crippen LogP contribution is 2.14. The van der Waals surface area contributed by atoms with E-state index in [-0.39, 0.29) is 0 Å². The summed E-state index contributed by atoms with van der Waals surface area (Å²) in [6, 6.07) is 11.5. The van der Waals surface area contributed by atoms with Crippen molar-refractivity contribution in [1.29, 1.82) is 0 Å². The first-order chi connectivity index (χ1) is 9.72. The number of fused-ring (bicyclic) bond motifs is 1. The lowest BCUT2D eigenvalue weighted by atomic mass is 10.3. The van der Waals surface area contributed by atoms with E-state index in [0.717, 1.165) is 16.8 Å². The van der Waals surface area contributed by atoms with E-state index < -0.39 is 0 Å². The molecule has 0 aliphatic heterocycles. The van der Waals surface area contributed by atoms with Crippen LogP contribution in [-0.4, -0.2) is 23.2 Å². The quantitative estimate of drug-likeness (QED) is 0.540. The summed E-state index contributed by atoms with van der Waals surface area (Å²) in [6.07, 6.45) is 3.36. The average Bonchev–Trinajstić information content (AvgIpc) is 2.90.